The number of benzene rings is 3. The molecule has 0 bridgehead atoms. The summed E-state index contributed by atoms with van der Waals surface area (Å²) in [4.78, 5) is 0. The predicted octanol–water partition coefficient (Wildman–Crippen LogP) is 5.96. The van der Waals surface area contributed by atoms with E-state index in [1.165, 1.54) is 0 Å². The number of halogens is 1. The average molecular weight is 364 g/mol. The third-order valence-electron chi connectivity index (χ3n) is 4.06. The first-order valence-corrected chi connectivity index (χ1v) is 8.65. The van der Waals surface area contributed by atoms with Crippen LogP contribution in [0, 0.1) is 11.3 Å². The van der Waals surface area contributed by atoms with Crippen LogP contribution >= 0.6 is 11.6 Å². The van der Waals surface area contributed by atoms with Crippen LogP contribution in [0.5, 0.6) is 11.5 Å². The third kappa shape index (κ3) is 3.66. The molecular weight excluding hydrogens is 346 g/mol. The van der Waals surface area contributed by atoms with Gasteiger partial charge in [0.05, 0.1) is 30.4 Å². The molecule has 0 radical (unpaired) electrons. The summed E-state index contributed by atoms with van der Waals surface area (Å²) in [5.74, 6) is 1.17. The molecule has 0 aromatic heterocycles. The Balaban J connectivity index is 2.07. The highest BCUT2D eigenvalue weighted by molar-refractivity contribution is 6.32. The van der Waals surface area contributed by atoms with E-state index < -0.39 is 0 Å². The van der Waals surface area contributed by atoms with Gasteiger partial charge in [0.1, 0.15) is 0 Å². The van der Waals surface area contributed by atoms with E-state index in [-0.39, 0.29) is 0 Å². The van der Waals surface area contributed by atoms with Crippen molar-refractivity contribution in [2.75, 3.05) is 13.7 Å². The van der Waals surface area contributed by atoms with Crippen LogP contribution in [0.2, 0.25) is 5.02 Å². The summed E-state index contributed by atoms with van der Waals surface area (Å²) in [5, 5.41) is 12.4. The van der Waals surface area contributed by atoms with Crippen molar-refractivity contribution in [2.24, 2.45) is 0 Å². The fraction of sp³-hybridized carbons (Fsp3) is 0.136. The maximum atomic E-state index is 9.65. The minimum Gasteiger partial charge on any atom is -0.493 e. The van der Waals surface area contributed by atoms with Gasteiger partial charge in [0, 0.05) is 6.07 Å². The summed E-state index contributed by atoms with van der Waals surface area (Å²) in [7, 11) is 1.58. The van der Waals surface area contributed by atoms with E-state index in [9.17, 15) is 5.26 Å². The highest BCUT2D eigenvalue weighted by Crippen LogP contribution is 2.35. The molecule has 3 aromatic rings. The highest BCUT2D eigenvalue weighted by Gasteiger charge is 2.11. The Labute approximate surface area is 158 Å². The Hall–Kier alpha value is -2.96. The SMILES string of the molecule is CCOc1cc(Cl)c(C=C(C#N)c2ccc3ccccc3c2)cc1OC. The smallest absolute Gasteiger partial charge is 0.162 e. The van der Waals surface area contributed by atoms with Crippen molar-refractivity contribution in [2.45, 2.75) is 6.92 Å². The zero-order chi connectivity index (χ0) is 18.5. The zero-order valence-corrected chi connectivity index (χ0v) is 15.4. The van der Waals surface area contributed by atoms with Crippen LogP contribution in [0.15, 0.2) is 54.6 Å². The Morgan fingerprint density at radius 1 is 1.08 bits per heavy atom. The van der Waals surface area contributed by atoms with E-state index in [1.54, 1.807) is 25.3 Å². The molecule has 0 aliphatic carbocycles. The Morgan fingerprint density at radius 2 is 1.85 bits per heavy atom. The number of rotatable bonds is 5. The second-order valence-electron chi connectivity index (χ2n) is 5.69. The first kappa shape index (κ1) is 17.8. The maximum absolute atomic E-state index is 9.65. The lowest BCUT2D eigenvalue weighted by Crippen LogP contribution is -1.96. The van der Waals surface area contributed by atoms with Crippen LogP contribution in [0.3, 0.4) is 0 Å². The van der Waals surface area contributed by atoms with Gasteiger partial charge in [-0.25, -0.2) is 0 Å². The number of methoxy groups -OCH3 is 1. The molecular formula is C22H18ClNO2. The summed E-state index contributed by atoms with van der Waals surface area (Å²) in [5.41, 5.74) is 2.08. The van der Waals surface area contributed by atoms with Gasteiger partial charge in [0.15, 0.2) is 11.5 Å². The Bertz CT molecular complexity index is 1020. The number of nitriles is 1. The van der Waals surface area contributed by atoms with E-state index in [0.29, 0.717) is 34.3 Å². The van der Waals surface area contributed by atoms with E-state index in [4.69, 9.17) is 21.1 Å². The second-order valence-corrected chi connectivity index (χ2v) is 6.10. The largest absolute Gasteiger partial charge is 0.493 e. The monoisotopic (exact) mass is 363 g/mol. The molecule has 3 aromatic carbocycles. The van der Waals surface area contributed by atoms with Gasteiger partial charge in [0.25, 0.3) is 0 Å². The molecule has 0 saturated heterocycles. The summed E-state index contributed by atoms with van der Waals surface area (Å²) in [6.45, 7) is 2.41. The van der Waals surface area contributed by atoms with Gasteiger partial charge >= 0.3 is 0 Å². The molecule has 0 fully saturated rings. The summed E-state index contributed by atoms with van der Waals surface area (Å²) in [6, 6.07) is 19.8. The molecule has 0 aliphatic heterocycles. The van der Waals surface area contributed by atoms with Crippen LogP contribution < -0.4 is 9.47 Å². The van der Waals surface area contributed by atoms with Crippen LogP contribution in [-0.2, 0) is 0 Å². The molecule has 0 heterocycles. The fourth-order valence-corrected chi connectivity index (χ4v) is 2.99. The van der Waals surface area contributed by atoms with Gasteiger partial charge < -0.3 is 9.47 Å². The van der Waals surface area contributed by atoms with Gasteiger partial charge in [-0.3, -0.25) is 0 Å². The van der Waals surface area contributed by atoms with Gasteiger partial charge in [-0.2, -0.15) is 5.26 Å². The van der Waals surface area contributed by atoms with Gasteiger partial charge in [-0.15, -0.1) is 0 Å². The molecule has 0 aliphatic rings. The van der Waals surface area contributed by atoms with Crippen molar-refractivity contribution >= 4 is 34.0 Å². The summed E-state index contributed by atoms with van der Waals surface area (Å²) >= 11 is 6.39. The molecule has 0 atom stereocenters. The van der Waals surface area contributed by atoms with Crippen LogP contribution in [0.25, 0.3) is 22.4 Å². The molecule has 26 heavy (non-hydrogen) atoms. The number of nitrogens with zero attached hydrogens (tertiary/aromatic N) is 1. The van der Waals surface area contributed by atoms with E-state index in [0.717, 1.165) is 16.3 Å². The second kappa shape index (κ2) is 7.95. The topological polar surface area (TPSA) is 42.2 Å². The fourth-order valence-electron chi connectivity index (χ4n) is 2.78. The lowest BCUT2D eigenvalue weighted by molar-refractivity contribution is 0.311. The predicted molar refractivity (Wildman–Crippen MR) is 107 cm³/mol. The quantitative estimate of drug-likeness (QED) is 0.414. The zero-order valence-electron chi connectivity index (χ0n) is 14.6. The van der Waals surface area contributed by atoms with Crippen molar-refractivity contribution in [3.8, 4) is 17.6 Å². The molecule has 0 amide bonds. The molecule has 3 nitrogen and oxygen atoms in total. The Morgan fingerprint density at radius 3 is 2.54 bits per heavy atom. The first-order chi connectivity index (χ1) is 12.7. The summed E-state index contributed by atoms with van der Waals surface area (Å²) in [6.07, 6.45) is 1.77. The van der Waals surface area contributed by atoms with E-state index in [2.05, 4.69) is 6.07 Å². The van der Waals surface area contributed by atoms with Crippen molar-refractivity contribution in [3.63, 3.8) is 0 Å². The van der Waals surface area contributed by atoms with Gasteiger partial charge in [0.2, 0.25) is 0 Å². The standard InChI is InChI=1S/C22H18ClNO2/c1-3-26-22-13-20(23)18(12-21(22)25-2)11-19(14-24)17-9-8-15-6-4-5-7-16(15)10-17/h4-13H,3H2,1-2H3. The van der Waals surface area contributed by atoms with Gasteiger partial charge in [-0.05, 0) is 47.0 Å². The lowest BCUT2D eigenvalue weighted by atomic mass is 10.00. The molecule has 0 spiro atoms. The summed E-state index contributed by atoms with van der Waals surface area (Å²) < 4.78 is 10.9. The van der Waals surface area contributed by atoms with Crippen LogP contribution in [0.4, 0.5) is 0 Å². The van der Waals surface area contributed by atoms with E-state index >= 15 is 0 Å². The number of ether oxygens (including phenoxy) is 2. The highest BCUT2D eigenvalue weighted by atomic mass is 35.5. The molecule has 0 unspecified atom stereocenters. The normalized spacial score (nSPS) is 11.2. The average Bonchev–Trinajstić information content (AvgIpc) is 2.67. The number of hydrogen-bond donors (Lipinski definition) is 0. The van der Waals surface area contributed by atoms with Crippen LogP contribution in [0.1, 0.15) is 18.1 Å². The van der Waals surface area contributed by atoms with E-state index in [1.807, 2.05) is 49.4 Å². The number of allylic oxidation sites excluding steroid dienone is 1. The molecule has 130 valence electrons. The Kier molecular flexibility index (Phi) is 5.46. The minimum absolute atomic E-state index is 0.503. The molecule has 0 saturated carbocycles. The number of hydrogen-bond acceptors (Lipinski definition) is 3. The minimum atomic E-state index is 0.503. The third-order valence-corrected chi connectivity index (χ3v) is 4.39. The molecule has 3 rings (SSSR count). The molecule has 0 N–H and O–H groups in total. The van der Waals surface area contributed by atoms with Gasteiger partial charge in [-0.1, -0.05) is 48.0 Å². The first-order valence-electron chi connectivity index (χ1n) is 8.27. The maximum Gasteiger partial charge on any atom is 0.162 e. The van der Waals surface area contributed by atoms with Crippen molar-refractivity contribution in [3.05, 3.63) is 70.7 Å². The van der Waals surface area contributed by atoms with Crippen molar-refractivity contribution < 1.29 is 9.47 Å². The molecule has 4 heteroatoms. The van der Waals surface area contributed by atoms with Crippen molar-refractivity contribution in [1.82, 2.24) is 0 Å². The van der Waals surface area contributed by atoms with Crippen LogP contribution in [-0.4, -0.2) is 13.7 Å². The number of fused-ring (bicyclic) bond motifs is 1. The van der Waals surface area contributed by atoms with Crippen molar-refractivity contribution in [1.29, 1.82) is 5.26 Å². The lowest BCUT2D eigenvalue weighted by Gasteiger charge is -2.11.